The summed E-state index contributed by atoms with van der Waals surface area (Å²) in [4.78, 5) is 25.9. The Balaban J connectivity index is 2.04. The van der Waals surface area contributed by atoms with Crippen molar-refractivity contribution in [2.24, 2.45) is 0 Å². The Morgan fingerprint density at radius 3 is 2.42 bits per heavy atom. The molecule has 0 fully saturated rings. The largest absolute Gasteiger partial charge is 0.504 e. The number of rotatable bonds is 6. The number of amides is 1. The van der Waals surface area contributed by atoms with Crippen molar-refractivity contribution in [3.8, 4) is 11.5 Å². The quantitative estimate of drug-likeness (QED) is 0.825. The number of carbonyl (C=O) groups is 2. The molecule has 1 N–H and O–H groups in total. The number of benzene rings is 2. The fourth-order valence-electron chi connectivity index (χ4n) is 2.25. The van der Waals surface area contributed by atoms with Gasteiger partial charge in [-0.05, 0) is 31.2 Å². The lowest BCUT2D eigenvalue weighted by Gasteiger charge is -2.20. The molecule has 2 aromatic carbocycles. The van der Waals surface area contributed by atoms with Crippen molar-refractivity contribution in [1.29, 1.82) is 0 Å². The Hall–Kier alpha value is -3.02. The van der Waals surface area contributed by atoms with Crippen molar-refractivity contribution in [3.63, 3.8) is 0 Å². The number of anilines is 1. The van der Waals surface area contributed by atoms with Crippen LogP contribution in [-0.2, 0) is 9.53 Å². The molecule has 0 saturated carbocycles. The van der Waals surface area contributed by atoms with E-state index in [0.717, 1.165) is 5.69 Å². The van der Waals surface area contributed by atoms with Gasteiger partial charge >= 0.3 is 5.97 Å². The normalized spacial score (nSPS) is 10.1. The number of ether oxygens (including phenoxy) is 2. The number of hydrogen-bond donors (Lipinski definition) is 1. The number of hydrogen-bond acceptors (Lipinski definition) is 5. The van der Waals surface area contributed by atoms with Crippen molar-refractivity contribution in [1.82, 2.24) is 0 Å². The molecule has 6 heteroatoms. The first-order valence-electron chi connectivity index (χ1n) is 7.47. The monoisotopic (exact) mass is 329 g/mol. The molecule has 2 aromatic rings. The molecule has 0 aromatic heterocycles. The second-order valence-electron chi connectivity index (χ2n) is 4.91. The summed E-state index contributed by atoms with van der Waals surface area (Å²) in [6.07, 6.45) is 0. The third kappa shape index (κ3) is 3.84. The van der Waals surface area contributed by atoms with Crippen LogP contribution in [-0.4, -0.2) is 37.2 Å². The minimum atomic E-state index is -0.788. The standard InChI is InChI=1S/C18H19NO5/c1-3-19(13-8-5-4-6-9-13)16(20)12-24-18(22)14-10-7-11-15(23-2)17(14)21/h4-11,21H,3,12H2,1-2H3. The van der Waals surface area contributed by atoms with E-state index in [4.69, 9.17) is 9.47 Å². The van der Waals surface area contributed by atoms with Crippen LogP contribution in [0.1, 0.15) is 17.3 Å². The highest BCUT2D eigenvalue weighted by atomic mass is 16.5. The molecule has 126 valence electrons. The molecule has 0 aliphatic carbocycles. The number of phenols is 1. The molecule has 1 amide bonds. The molecule has 0 unspecified atom stereocenters. The number of para-hydroxylation sites is 2. The van der Waals surface area contributed by atoms with E-state index in [1.165, 1.54) is 24.1 Å². The highest BCUT2D eigenvalue weighted by Crippen LogP contribution is 2.29. The molecule has 0 aliphatic heterocycles. The van der Waals surface area contributed by atoms with Gasteiger partial charge in [0, 0.05) is 12.2 Å². The Morgan fingerprint density at radius 2 is 1.79 bits per heavy atom. The molecule has 0 aliphatic rings. The molecular formula is C18H19NO5. The van der Waals surface area contributed by atoms with Gasteiger partial charge in [0.25, 0.3) is 5.91 Å². The molecule has 2 rings (SSSR count). The highest BCUT2D eigenvalue weighted by Gasteiger charge is 2.19. The van der Waals surface area contributed by atoms with Crippen LogP contribution in [0.25, 0.3) is 0 Å². The molecule has 0 atom stereocenters. The second kappa shape index (κ2) is 8.01. The Morgan fingerprint density at radius 1 is 1.08 bits per heavy atom. The number of carbonyl (C=O) groups excluding carboxylic acids is 2. The zero-order chi connectivity index (χ0) is 17.5. The first-order chi connectivity index (χ1) is 11.6. The summed E-state index contributed by atoms with van der Waals surface area (Å²) >= 11 is 0. The van der Waals surface area contributed by atoms with Crippen LogP contribution >= 0.6 is 0 Å². The summed E-state index contributed by atoms with van der Waals surface area (Å²) in [5.74, 6) is -1.29. The summed E-state index contributed by atoms with van der Waals surface area (Å²) in [6.45, 7) is 1.86. The van der Waals surface area contributed by atoms with E-state index in [1.54, 1.807) is 18.2 Å². The Kier molecular flexibility index (Phi) is 5.78. The average molecular weight is 329 g/mol. The first-order valence-corrected chi connectivity index (χ1v) is 7.47. The van der Waals surface area contributed by atoms with Gasteiger partial charge in [-0.15, -0.1) is 0 Å². The number of phenolic OH excluding ortho intramolecular Hbond substituents is 1. The lowest BCUT2D eigenvalue weighted by Crippen LogP contribution is -2.34. The predicted molar refractivity (Wildman–Crippen MR) is 89.4 cm³/mol. The molecule has 0 heterocycles. The maximum Gasteiger partial charge on any atom is 0.342 e. The zero-order valence-corrected chi connectivity index (χ0v) is 13.6. The minimum Gasteiger partial charge on any atom is -0.504 e. The maximum absolute atomic E-state index is 12.3. The summed E-state index contributed by atoms with van der Waals surface area (Å²) in [6, 6.07) is 13.6. The number of likely N-dealkylation sites (N-methyl/N-ethyl adjacent to an activating group) is 1. The molecular weight excluding hydrogens is 310 g/mol. The summed E-state index contributed by atoms with van der Waals surface area (Å²) in [5.41, 5.74) is 0.676. The molecule has 6 nitrogen and oxygen atoms in total. The molecule has 0 radical (unpaired) electrons. The van der Waals surface area contributed by atoms with E-state index in [-0.39, 0.29) is 23.0 Å². The van der Waals surface area contributed by atoms with Crippen molar-refractivity contribution in [3.05, 3.63) is 54.1 Å². The van der Waals surface area contributed by atoms with Crippen LogP contribution in [0.5, 0.6) is 11.5 Å². The zero-order valence-electron chi connectivity index (χ0n) is 13.6. The van der Waals surface area contributed by atoms with E-state index in [1.807, 2.05) is 25.1 Å². The Bertz CT molecular complexity index is 715. The smallest absolute Gasteiger partial charge is 0.342 e. The third-order valence-corrected chi connectivity index (χ3v) is 3.45. The van der Waals surface area contributed by atoms with Crippen molar-refractivity contribution in [2.75, 3.05) is 25.2 Å². The van der Waals surface area contributed by atoms with Crippen LogP contribution in [0, 0.1) is 0 Å². The minimum absolute atomic E-state index is 0.0510. The SMILES string of the molecule is CCN(C(=O)COC(=O)c1cccc(OC)c1O)c1ccccc1. The van der Waals surface area contributed by atoms with Crippen molar-refractivity contribution >= 4 is 17.6 Å². The van der Waals surface area contributed by atoms with Gasteiger partial charge in [0.1, 0.15) is 5.56 Å². The topological polar surface area (TPSA) is 76.1 Å². The van der Waals surface area contributed by atoms with Gasteiger partial charge in [-0.2, -0.15) is 0 Å². The fourth-order valence-corrected chi connectivity index (χ4v) is 2.25. The lowest BCUT2D eigenvalue weighted by molar-refractivity contribution is -0.121. The van der Waals surface area contributed by atoms with E-state index >= 15 is 0 Å². The van der Waals surface area contributed by atoms with Gasteiger partial charge in [0.05, 0.1) is 7.11 Å². The van der Waals surface area contributed by atoms with Crippen LogP contribution in [0.15, 0.2) is 48.5 Å². The van der Waals surface area contributed by atoms with Gasteiger partial charge < -0.3 is 19.5 Å². The first kappa shape index (κ1) is 17.3. The third-order valence-electron chi connectivity index (χ3n) is 3.45. The van der Waals surface area contributed by atoms with Crippen LogP contribution < -0.4 is 9.64 Å². The van der Waals surface area contributed by atoms with Gasteiger partial charge in [-0.25, -0.2) is 4.79 Å². The van der Waals surface area contributed by atoms with Crippen LogP contribution in [0.4, 0.5) is 5.69 Å². The highest BCUT2D eigenvalue weighted by molar-refractivity contribution is 5.98. The maximum atomic E-state index is 12.3. The predicted octanol–water partition coefficient (Wildman–Crippen LogP) is 2.61. The summed E-state index contributed by atoms with van der Waals surface area (Å²) < 4.78 is 9.97. The van der Waals surface area contributed by atoms with Crippen LogP contribution in [0.3, 0.4) is 0 Å². The molecule has 0 bridgehead atoms. The van der Waals surface area contributed by atoms with E-state index in [0.29, 0.717) is 6.54 Å². The van der Waals surface area contributed by atoms with E-state index < -0.39 is 12.6 Å². The van der Waals surface area contributed by atoms with Gasteiger partial charge in [0.2, 0.25) is 0 Å². The number of aromatic hydroxyl groups is 1. The van der Waals surface area contributed by atoms with Gasteiger partial charge in [-0.1, -0.05) is 24.3 Å². The molecule has 24 heavy (non-hydrogen) atoms. The Labute approximate surface area is 140 Å². The average Bonchev–Trinajstić information content (AvgIpc) is 2.61. The van der Waals surface area contributed by atoms with Gasteiger partial charge in [-0.3, -0.25) is 4.79 Å². The second-order valence-corrected chi connectivity index (χ2v) is 4.91. The lowest BCUT2D eigenvalue weighted by atomic mass is 10.2. The van der Waals surface area contributed by atoms with Crippen LogP contribution in [0.2, 0.25) is 0 Å². The summed E-state index contributed by atoms with van der Waals surface area (Å²) in [7, 11) is 1.38. The van der Waals surface area contributed by atoms with Crippen molar-refractivity contribution < 1.29 is 24.2 Å². The van der Waals surface area contributed by atoms with E-state index in [2.05, 4.69) is 0 Å². The molecule has 0 spiro atoms. The van der Waals surface area contributed by atoms with Crippen molar-refractivity contribution in [2.45, 2.75) is 6.92 Å². The number of esters is 1. The number of methoxy groups -OCH3 is 1. The number of nitrogens with zero attached hydrogens (tertiary/aromatic N) is 1. The van der Waals surface area contributed by atoms with E-state index in [9.17, 15) is 14.7 Å². The van der Waals surface area contributed by atoms with Gasteiger partial charge in [0.15, 0.2) is 18.1 Å². The molecule has 0 saturated heterocycles. The fraction of sp³-hybridized carbons (Fsp3) is 0.222. The summed E-state index contributed by atoms with van der Waals surface area (Å²) in [5, 5.41) is 9.94.